The molecule has 0 aromatic heterocycles. The van der Waals surface area contributed by atoms with Crippen molar-refractivity contribution >= 4 is 46.3 Å². The number of carbonyl (C=O) groups excluding carboxylic acids is 2. The fourth-order valence-corrected chi connectivity index (χ4v) is 3.95. The smallest absolute Gasteiger partial charge is 0.305 e. The van der Waals surface area contributed by atoms with Crippen molar-refractivity contribution in [2.24, 2.45) is 0 Å². The first kappa shape index (κ1) is 22.6. The number of unbranched alkanes of at least 4 members (excludes halogenated alkanes) is 2. The van der Waals surface area contributed by atoms with Crippen LogP contribution in [0.2, 0.25) is 0 Å². The van der Waals surface area contributed by atoms with Crippen LogP contribution in [0.1, 0.15) is 36.8 Å². The number of hydrogen-bond acceptors (Lipinski definition) is 6. The number of amides is 1. The van der Waals surface area contributed by atoms with Crippen LogP contribution in [-0.4, -0.2) is 59.8 Å². The van der Waals surface area contributed by atoms with Gasteiger partial charge >= 0.3 is 5.97 Å². The minimum Gasteiger partial charge on any atom is -0.464 e. The number of carbonyl (C=O) groups is 2. The van der Waals surface area contributed by atoms with Crippen molar-refractivity contribution in [3.63, 3.8) is 0 Å². The van der Waals surface area contributed by atoms with Crippen molar-refractivity contribution in [2.75, 3.05) is 33.8 Å². The summed E-state index contributed by atoms with van der Waals surface area (Å²) in [5.41, 5.74) is 2.19. The molecule has 1 heterocycles. The Hall–Kier alpha value is -1.70. The molecule has 0 saturated carbocycles. The predicted molar refractivity (Wildman–Crippen MR) is 119 cm³/mol. The van der Waals surface area contributed by atoms with Gasteiger partial charge in [0, 0.05) is 19.5 Å². The number of hydrogen-bond donors (Lipinski definition) is 0. The van der Waals surface area contributed by atoms with Gasteiger partial charge in [-0.15, -0.1) is 0 Å². The minimum atomic E-state index is -0.159. The molecule has 0 radical (unpaired) electrons. The summed E-state index contributed by atoms with van der Waals surface area (Å²) in [6, 6.07) is 8.05. The van der Waals surface area contributed by atoms with Crippen molar-refractivity contribution < 1.29 is 14.3 Å². The molecule has 1 aromatic carbocycles. The monoisotopic (exact) mass is 420 g/mol. The van der Waals surface area contributed by atoms with Crippen LogP contribution in [0.5, 0.6) is 0 Å². The number of esters is 1. The first-order valence-corrected chi connectivity index (χ1v) is 10.7. The summed E-state index contributed by atoms with van der Waals surface area (Å²) in [4.78, 5) is 28.6. The van der Waals surface area contributed by atoms with Gasteiger partial charge in [-0.05, 0) is 45.5 Å². The van der Waals surface area contributed by atoms with Crippen molar-refractivity contribution in [3.05, 3.63) is 40.3 Å². The first-order chi connectivity index (χ1) is 13.4. The van der Waals surface area contributed by atoms with Crippen molar-refractivity contribution in [2.45, 2.75) is 32.6 Å². The van der Waals surface area contributed by atoms with Gasteiger partial charge in [0.05, 0.1) is 4.91 Å². The van der Waals surface area contributed by atoms with E-state index in [1.165, 1.54) is 17.3 Å². The topological polar surface area (TPSA) is 49.9 Å². The third-order valence-corrected chi connectivity index (χ3v) is 5.69. The Kier molecular flexibility index (Phi) is 9.15. The van der Waals surface area contributed by atoms with Gasteiger partial charge in [0.15, 0.2) is 0 Å². The molecule has 1 aliphatic rings. The average molecular weight is 421 g/mol. The summed E-state index contributed by atoms with van der Waals surface area (Å²) in [7, 11) is 3.88. The Balaban J connectivity index is 1.71. The number of ether oxygens (including phenoxy) is 1. The highest BCUT2D eigenvalue weighted by Gasteiger charge is 2.31. The van der Waals surface area contributed by atoms with Gasteiger partial charge in [0.25, 0.3) is 5.91 Å². The van der Waals surface area contributed by atoms with E-state index in [0.29, 0.717) is 28.8 Å². The number of aryl methyl sites for hydroxylation is 1. The maximum absolute atomic E-state index is 12.6. The van der Waals surface area contributed by atoms with E-state index in [9.17, 15) is 9.59 Å². The second-order valence-electron chi connectivity index (χ2n) is 7.08. The molecule has 152 valence electrons. The van der Waals surface area contributed by atoms with E-state index in [-0.39, 0.29) is 11.9 Å². The Morgan fingerprint density at radius 3 is 2.61 bits per heavy atom. The number of likely N-dealkylation sites (N-methyl/N-ethyl adjacent to an activating group) is 1. The number of benzene rings is 1. The molecule has 1 aliphatic heterocycles. The fourth-order valence-electron chi connectivity index (χ4n) is 2.64. The lowest BCUT2D eigenvalue weighted by molar-refractivity contribution is -0.144. The standard InChI is InChI=1S/C21H28N2O3S2/c1-16-8-10-17(11-9-16)15-18-20(25)23(21(27)28-18)12-6-4-5-7-19(24)26-14-13-22(2)3/h8-11,15H,4-7,12-14H2,1-3H3. The number of rotatable bonds is 10. The predicted octanol–water partition coefficient (Wildman–Crippen LogP) is 3.86. The van der Waals surface area contributed by atoms with E-state index in [4.69, 9.17) is 17.0 Å². The van der Waals surface area contributed by atoms with E-state index in [1.54, 1.807) is 4.90 Å². The van der Waals surface area contributed by atoms with Crippen LogP contribution in [0.25, 0.3) is 6.08 Å². The number of thiocarbonyl (C=S) groups is 1. The van der Waals surface area contributed by atoms with Crippen molar-refractivity contribution in [3.8, 4) is 0 Å². The van der Waals surface area contributed by atoms with Crippen molar-refractivity contribution in [1.82, 2.24) is 9.80 Å². The lowest BCUT2D eigenvalue weighted by atomic mass is 10.1. The van der Waals surface area contributed by atoms with E-state index < -0.39 is 0 Å². The largest absolute Gasteiger partial charge is 0.464 e. The van der Waals surface area contributed by atoms with E-state index in [2.05, 4.69) is 0 Å². The molecule has 0 spiro atoms. The van der Waals surface area contributed by atoms with Crippen LogP contribution in [0, 0.1) is 6.92 Å². The first-order valence-electron chi connectivity index (χ1n) is 9.49. The van der Waals surface area contributed by atoms with Gasteiger partial charge in [0.2, 0.25) is 0 Å². The molecule has 28 heavy (non-hydrogen) atoms. The second kappa shape index (κ2) is 11.3. The zero-order valence-electron chi connectivity index (χ0n) is 16.8. The summed E-state index contributed by atoms with van der Waals surface area (Å²) in [5.74, 6) is -0.188. The maximum atomic E-state index is 12.6. The quantitative estimate of drug-likeness (QED) is 0.248. The maximum Gasteiger partial charge on any atom is 0.305 e. The molecule has 0 N–H and O–H groups in total. The third-order valence-electron chi connectivity index (χ3n) is 4.31. The molecule has 0 unspecified atom stereocenters. The summed E-state index contributed by atoms with van der Waals surface area (Å²) < 4.78 is 5.77. The Labute approximate surface area is 177 Å². The summed E-state index contributed by atoms with van der Waals surface area (Å²) in [5, 5.41) is 0. The second-order valence-corrected chi connectivity index (χ2v) is 8.75. The lowest BCUT2D eigenvalue weighted by Gasteiger charge is -2.14. The molecule has 0 atom stereocenters. The minimum absolute atomic E-state index is 0.0290. The van der Waals surface area contributed by atoms with Gasteiger partial charge < -0.3 is 9.64 Å². The molecular formula is C21H28N2O3S2. The molecule has 5 nitrogen and oxygen atoms in total. The molecular weight excluding hydrogens is 392 g/mol. The third kappa shape index (κ3) is 7.37. The van der Waals surface area contributed by atoms with Crippen LogP contribution in [0.15, 0.2) is 29.2 Å². The molecule has 7 heteroatoms. The highest BCUT2D eigenvalue weighted by atomic mass is 32.2. The molecule has 0 aliphatic carbocycles. The zero-order valence-corrected chi connectivity index (χ0v) is 18.4. The Morgan fingerprint density at radius 2 is 1.93 bits per heavy atom. The highest BCUT2D eigenvalue weighted by molar-refractivity contribution is 8.26. The normalized spacial score (nSPS) is 15.7. The number of nitrogens with zero attached hydrogens (tertiary/aromatic N) is 2. The highest BCUT2D eigenvalue weighted by Crippen LogP contribution is 2.32. The van der Waals surface area contributed by atoms with Crippen LogP contribution in [-0.2, 0) is 14.3 Å². The Morgan fingerprint density at radius 1 is 1.21 bits per heavy atom. The van der Waals surface area contributed by atoms with Gasteiger partial charge in [-0.2, -0.15) is 0 Å². The molecule has 0 bridgehead atoms. The van der Waals surface area contributed by atoms with Crippen LogP contribution < -0.4 is 0 Å². The van der Waals surface area contributed by atoms with Crippen LogP contribution in [0.3, 0.4) is 0 Å². The van der Waals surface area contributed by atoms with E-state index in [1.807, 2.05) is 56.3 Å². The van der Waals surface area contributed by atoms with Crippen molar-refractivity contribution in [1.29, 1.82) is 0 Å². The van der Waals surface area contributed by atoms with Gasteiger partial charge in [0.1, 0.15) is 10.9 Å². The van der Waals surface area contributed by atoms with Crippen LogP contribution in [0.4, 0.5) is 0 Å². The van der Waals surface area contributed by atoms with Gasteiger partial charge in [-0.25, -0.2) is 0 Å². The molecule has 1 aromatic rings. The summed E-state index contributed by atoms with van der Waals surface area (Å²) >= 11 is 6.72. The summed E-state index contributed by atoms with van der Waals surface area (Å²) in [6.07, 6.45) is 4.74. The van der Waals surface area contributed by atoms with Gasteiger partial charge in [-0.1, -0.05) is 60.2 Å². The van der Waals surface area contributed by atoms with Crippen LogP contribution >= 0.6 is 24.0 Å². The zero-order chi connectivity index (χ0) is 20.5. The lowest BCUT2D eigenvalue weighted by Crippen LogP contribution is -2.29. The molecule has 2 rings (SSSR count). The average Bonchev–Trinajstić information content (AvgIpc) is 2.90. The Bertz CT molecular complexity index is 730. The molecule has 1 fully saturated rings. The van der Waals surface area contributed by atoms with E-state index >= 15 is 0 Å². The number of thioether (sulfide) groups is 1. The van der Waals surface area contributed by atoms with Gasteiger partial charge in [-0.3, -0.25) is 14.5 Å². The van der Waals surface area contributed by atoms with E-state index in [0.717, 1.165) is 31.4 Å². The summed E-state index contributed by atoms with van der Waals surface area (Å²) in [6.45, 7) is 3.78. The SMILES string of the molecule is Cc1ccc(C=C2SC(=S)N(CCCCCC(=O)OCCN(C)C)C2=O)cc1. The molecule has 1 saturated heterocycles. The molecule has 1 amide bonds. The fraction of sp³-hybridized carbons (Fsp3) is 0.476.